The van der Waals surface area contributed by atoms with Crippen LogP contribution in [0.25, 0.3) is 0 Å². The Kier molecular flexibility index (Phi) is 2.98. The standard InChI is InChI=1S/C14H16BrNOS/c1-18-11-4-2-3-10(5-11)16-12(17)14-6-13(7-14,8-14)9-15/h2-5H,6-9H2,1H3,(H,16,17). The van der Waals surface area contributed by atoms with Crippen molar-refractivity contribution in [2.75, 3.05) is 16.9 Å². The number of anilines is 1. The van der Waals surface area contributed by atoms with Gasteiger partial charge < -0.3 is 5.32 Å². The van der Waals surface area contributed by atoms with Gasteiger partial charge in [-0.2, -0.15) is 0 Å². The van der Waals surface area contributed by atoms with Crippen LogP contribution in [0.4, 0.5) is 5.69 Å². The largest absolute Gasteiger partial charge is 0.326 e. The van der Waals surface area contributed by atoms with E-state index in [-0.39, 0.29) is 11.3 Å². The van der Waals surface area contributed by atoms with Gasteiger partial charge in [-0.05, 0) is 49.1 Å². The molecule has 1 aromatic rings. The molecule has 1 amide bonds. The molecular weight excluding hydrogens is 310 g/mol. The number of rotatable bonds is 4. The molecule has 0 atom stereocenters. The van der Waals surface area contributed by atoms with Gasteiger partial charge in [0.1, 0.15) is 0 Å². The summed E-state index contributed by atoms with van der Waals surface area (Å²) in [6.45, 7) is 0. The van der Waals surface area contributed by atoms with Crippen LogP contribution in [0.2, 0.25) is 0 Å². The van der Waals surface area contributed by atoms with Gasteiger partial charge in [-0.1, -0.05) is 22.0 Å². The zero-order valence-corrected chi connectivity index (χ0v) is 12.7. The third-order valence-corrected chi connectivity index (χ3v) is 6.15. The molecule has 3 aliphatic carbocycles. The SMILES string of the molecule is CSc1cccc(NC(=O)C23CC(CBr)(C2)C3)c1. The Hall–Kier alpha value is -0.480. The van der Waals surface area contributed by atoms with Gasteiger partial charge in [0.15, 0.2) is 0 Å². The minimum Gasteiger partial charge on any atom is -0.326 e. The lowest BCUT2D eigenvalue weighted by Gasteiger charge is -2.69. The minimum absolute atomic E-state index is 0.0524. The van der Waals surface area contributed by atoms with Gasteiger partial charge in [-0.15, -0.1) is 11.8 Å². The monoisotopic (exact) mass is 325 g/mol. The Balaban J connectivity index is 1.65. The van der Waals surface area contributed by atoms with E-state index in [2.05, 4.69) is 27.3 Å². The fourth-order valence-corrected chi connectivity index (χ4v) is 4.40. The number of hydrogen-bond donors (Lipinski definition) is 1. The highest BCUT2D eigenvalue weighted by Crippen LogP contribution is 2.74. The first kappa shape index (κ1) is 12.5. The van der Waals surface area contributed by atoms with Crippen LogP contribution in [-0.4, -0.2) is 17.5 Å². The van der Waals surface area contributed by atoms with E-state index in [0.29, 0.717) is 5.41 Å². The normalized spacial score (nSPS) is 32.3. The summed E-state index contributed by atoms with van der Waals surface area (Å²) in [5, 5.41) is 4.11. The molecule has 18 heavy (non-hydrogen) atoms. The molecule has 0 saturated heterocycles. The Morgan fingerprint density at radius 3 is 2.78 bits per heavy atom. The summed E-state index contributed by atoms with van der Waals surface area (Å²) in [6, 6.07) is 8.04. The van der Waals surface area contributed by atoms with Gasteiger partial charge in [0.05, 0.1) is 5.41 Å². The minimum atomic E-state index is -0.0524. The molecule has 3 fully saturated rings. The summed E-state index contributed by atoms with van der Waals surface area (Å²) in [6.07, 6.45) is 5.21. The van der Waals surface area contributed by atoms with Crippen molar-refractivity contribution in [1.29, 1.82) is 0 Å². The van der Waals surface area contributed by atoms with Crippen LogP contribution >= 0.6 is 27.7 Å². The van der Waals surface area contributed by atoms with Crippen molar-refractivity contribution >= 4 is 39.3 Å². The van der Waals surface area contributed by atoms with Gasteiger partial charge in [-0.25, -0.2) is 0 Å². The van der Waals surface area contributed by atoms with E-state index in [1.807, 2.05) is 24.5 Å². The maximum Gasteiger partial charge on any atom is 0.230 e. The fraction of sp³-hybridized carbons (Fsp3) is 0.500. The lowest BCUT2D eigenvalue weighted by molar-refractivity contribution is -0.191. The molecule has 4 rings (SSSR count). The number of amides is 1. The maximum atomic E-state index is 12.3. The van der Waals surface area contributed by atoms with E-state index in [4.69, 9.17) is 0 Å². The zero-order chi connectivity index (χ0) is 12.8. The van der Waals surface area contributed by atoms with Crippen LogP contribution in [0.3, 0.4) is 0 Å². The predicted molar refractivity (Wildman–Crippen MR) is 79.4 cm³/mol. The summed E-state index contributed by atoms with van der Waals surface area (Å²) in [5.41, 5.74) is 1.31. The van der Waals surface area contributed by atoms with Crippen LogP contribution < -0.4 is 5.32 Å². The fourth-order valence-electron chi connectivity index (χ4n) is 3.35. The van der Waals surface area contributed by atoms with Crippen molar-refractivity contribution in [2.45, 2.75) is 24.2 Å². The van der Waals surface area contributed by atoms with Crippen molar-refractivity contribution in [3.8, 4) is 0 Å². The van der Waals surface area contributed by atoms with Crippen molar-refractivity contribution < 1.29 is 4.79 Å². The lowest BCUT2D eigenvalue weighted by Crippen LogP contribution is -2.67. The van der Waals surface area contributed by atoms with Gasteiger partial charge in [-0.3, -0.25) is 4.79 Å². The molecule has 3 saturated carbocycles. The molecular formula is C14H16BrNOS. The van der Waals surface area contributed by atoms with E-state index in [1.165, 1.54) is 4.90 Å². The van der Waals surface area contributed by atoms with Crippen molar-refractivity contribution in [3.05, 3.63) is 24.3 Å². The van der Waals surface area contributed by atoms with Crippen LogP contribution in [0.5, 0.6) is 0 Å². The second kappa shape index (κ2) is 4.27. The van der Waals surface area contributed by atoms with Crippen molar-refractivity contribution in [2.24, 2.45) is 10.8 Å². The first-order chi connectivity index (χ1) is 8.61. The molecule has 0 aliphatic heterocycles. The Morgan fingerprint density at radius 2 is 2.17 bits per heavy atom. The maximum absolute atomic E-state index is 12.3. The van der Waals surface area contributed by atoms with Crippen molar-refractivity contribution in [3.63, 3.8) is 0 Å². The number of carbonyl (C=O) groups excluding carboxylic acids is 1. The van der Waals surface area contributed by atoms with E-state index in [1.54, 1.807) is 11.8 Å². The molecule has 4 heteroatoms. The summed E-state index contributed by atoms with van der Waals surface area (Å²) in [7, 11) is 0. The first-order valence-electron chi connectivity index (χ1n) is 6.13. The van der Waals surface area contributed by atoms with E-state index < -0.39 is 0 Å². The average Bonchev–Trinajstić information content (AvgIpc) is 2.26. The second-order valence-electron chi connectivity index (χ2n) is 5.63. The topological polar surface area (TPSA) is 29.1 Å². The predicted octanol–water partition coefficient (Wildman–Crippen LogP) is 3.91. The van der Waals surface area contributed by atoms with Crippen LogP contribution in [-0.2, 0) is 4.79 Å². The van der Waals surface area contributed by atoms with Crippen LogP contribution in [0, 0.1) is 10.8 Å². The molecule has 2 bridgehead atoms. The molecule has 0 heterocycles. The molecule has 0 radical (unpaired) electrons. The Bertz CT molecular complexity index is 483. The van der Waals surface area contributed by atoms with Gasteiger partial charge in [0.2, 0.25) is 5.91 Å². The van der Waals surface area contributed by atoms with Crippen LogP contribution in [0.1, 0.15) is 19.3 Å². The van der Waals surface area contributed by atoms with Gasteiger partial charge >= 0.3 is 0 Å². The Labute approximate surface area is 120 Å². The number of hydrogen-bond acceptors (Lipinski definition) is 2. The smallest absolute Gasteiger partial charge is 0.230 e. The lowest BCUT2D eigenvalue weighted by atomic mass is 9.35. The summed E-state index contributed by atoms with van der Waals surface area (Å²) in [4.78, 5) is 13.5. The second-order valence-corrected chi connectivity index (χ2v) is 7.07. The number of halogens is 1. The molecule has 3 aliphatic rings. The number of nitrogens with one attached hydrogen (secondary N) is 1. The molecule has 0 spiro atoms. The highest BCUT2D eigenvalue weighted by molar-refractivity contribution is 9.09. The summed E-state index contributed by atoms with van der Waals surface area (Å²) in [5.74, 6) is 0.212. The van der Waals surface area contributed by atoms with Crippen molar-refractivity contribution in [1.82, 2.24) is 0 Å². The summed E-state index contributed by atoms with van der Waals surface area (Å²) >= 11 is 5.24. The third kappa shape index (κ3) is 1.81. The molecule has 2 nitrogen and oxygen atoms in total. The molecule has 1 aromatic carbocycles. The molecule has 0 aromatic heterocycles. The highest BCUT2D eigenvalue weighted by atomic mass is 79.9. The van der Waals surface area contributed by atoms with Crippen LogP contribution in [0.15, 0.2) is 29.2 Å². The number of benzene rings is 1. The first-order valence-corrected chi connectivity index (χ1v) is 8.48. The molecule has 0 unspecified atom stereocenters. The van der Waals surface area contributed by atoms with Gasteiger partial charge in [0.25, 0.3) is 0 Å². The van der Waals surface area contributed by atoms with E-state index in [9.17, 15) is 4.79 Å². The van der Waals surface area contributed by atoms with E-state index in [0.717, 1.165) is 30.3 Å². The van der Waals surface area contributed by atoms with E-state index >= 15 is 0 Å². The summed E-state index contributed by atoms with van der Waals surface area (Å²) < 4.78 is 0. The zero-order valence-electron chi connectivity index (χ0n) is 10.3. The highest BCUT2D eigenvalue weighted by Gasteiger charge is 2.70. The number of alkyl halides is 1. The quantitative estimate of drug-likeness (QED) is 0.671. The number of carbonyl (C=O) groups is 1. The Morgan fingerprint density at radius 1 is 1.44 bits per heavy atom. The molecule has 1 N–H and O–H groups in total. The number of thioether (sulfide) groups is 1. The van der Waals surface area contributed by atoms with Gasteiger partial charge in [0, 0.05) is 15.9 Å². The third-order valence-electron chi connectivity index (χ3n) is 4.23. The average molecular weight is 326 g/mol. The molecule has 96 valence electrons.